The van der Waals surface area contributed by atoms with Crippen LogP contribution in [-0.4, -0.2) is 11.3 Å². The maximum absolute atomic E-state index is 6.69. The van der Waals surface area contributed by atoms with Crippen molar-refractivity contribution in [3.63, 3.8) is 0 Å². The second-order valence-electron chi connectivity index (χ2n) is 10.4. The predicted molar refractivity (Wildman–Crippen MR) is 151 cm³/mol. The summed E-state index contributed by atoms with van der Waals surface area (Å²) in [5, 5.41) is 2.62. The van der Waals surface area contributed by atoms with Crippen LogP contribution in [0.25, 0.3) is 38.6 Å². The Morgan fingerprint density at radius 2 is 1.47 bits per heavy atom. The van der Waals surface area contributed by atoms with E-state index in [1.807, 2.05) is 0 Å². The molecule has 0 unspecified atom stereocenters. The van der Waals surface area contributed by atoms with E-state index in [1.165, 1.54) is 60.6 Å². The van der Waals surface area contributed by atoms with Crippen molar-refractivity contribution in [2.45, 2.75) is 19.8 Å². The molecule has 0 aliphatic carbocycles. The monoisotopic (exact) mass is 461 g/mol. The molecule has 36 heavy (non-hydrogen) atoms. The van der Waals surface area contributed by atoms with Gasteiger partial charge in [-0.15, -0.1) is 0 Å². The van der Waals surface area contributed by atoms with Crippen molar-refractivity contribution >= 4 is 44.9 Å². The first kappa shape index (κ1) is 20.0. The van der Waals surface area contributed by atoms with Crippen molar-refractivity contribution in [2.75, 3.05) is 0 Å². The molecule has 0 N–H and O–H groups in total. The van der Waals surface area contributed by atoms with Crippen LogP contribution in [0.15, 0.2) is 103 Å². The number of rotatable bonds is 2. The minimum atomic E-state index is 0.129. The first-order valence-electron chi connectivity index (χ1n) is 12.8. The Balaban J connectivity index is 1.51. The summed E-state index contributed by atoms with van der Waals surface area (Å²) in [4.78, 5) is 0. The lowest BCUT2D eigenvalue weighted by Crippen LogP contribution is -2.58. The van der Waals surface area contributed by atoms with Gasteiger partial charge in [-0.1, -0.05) is 92.7 Å². The van der Waals surface area contributed by atoms with Crippen LogP contribution in [-0.2, 0) is 0 Å². The quantitative estimate of drug-likeness (QED) is 0.268. The Morgan fingerprint density at radius 1 is 0.667 bits per heavy atom. The topological polar surface area (TPSA) is 14.2 Å². The molecule has 0 radical (unpaired) electrons. The molecule has 0 saturated carbocycles. The largest absolute Gasteiger partial charge is 0.458 e. The summed E-state index contributed by atoms with van der Waals surface area (Å²) in [6.45, 7) is 4.65. The van der Waals surface area contributed by atoms with Crippen molar-refractivity contribution in [1.29, 1.82) is 0 Å². The molecule has 2 nitrogen and oxygen atoms in total. The summed E-state index contributed by atoms with van der Waals surface area (Å²) >= 11 is 0. The third kappa shape index (κ3) is 2.58. The summed E-state index contributed by atoms with van der Waals surface area (Å²) in [5.74, 6) is 2.35. The van der Waals surface area contributed by atoms with Gasteiger partial charge in [-0.3, -0.25) is 0 Å². The zero-order valence-corrected chi connectivity index (χ0v) is 20.3. The second kappa shape index (κ2) is 7.14. The Labute approximate surface area is 210 Å². The van der Waals surface area contributed by atoms with Gasteiger partial charge in [0, 0.05) is 22.0 Å². The molecule has 3 heterocycles. The Bertz CT molecular complexity index is 1850. The van der Waals surface area contributed by atoms with Gasteiger partial charge < -0.3 is 9.30 Å². The number of ether oxygens (including phenoxy) is 1. The number of benzene rings is 5. The van der Waals surface area contributed by atoms with E-state index < -0.39 is 0 Å². The Hall–Kier alpha value is -4.24. The van der Waals surface area contributed by atoms with Crippen molar-refractivity contribution in [1.82, 2.24) is 4.57 Å². The molecule has 0 amide bonds. The average Bonchev–Trinajstić information content (AvgIpc) is 3.26. The standard InChI is InChI=1S/C33H24BNO/c1-20(2)23-18-29-32-31(19-23)36-30-16-15-22(21-9-4-3-5-10-21)17-27(30)34(32)26-13-8-12-25-24-11-6-7-14-28(24)35(29)33(25)26/h3-20H,1-2H3. The molecule has 0 fully saturated rings. The van der Waals surface area contributed by atoms with Gasteiger partial charge in [-0.2, -0.15) is 0 Å². The molecular weight excluding hydrogens is 437 g/mol. The van der Waals surface area contributed by atoms with Crippen molar-refractivity contribution in [3.05, 3.63) is 109 Å². The molecule has 2 aliphatic heterocycles. The van der Waals surface area contributed by atoms with Crippen LogP contribution in [0, 0.1) is 0 Å². The second-order valence-corrected chi connectivity index (χ2v) is 10.4. The number of para-hydroxylation sites is 2. The van der Waals surface area contributed by atoms with Gasteiger partial charge in [0.1, 0.15) is 11.5 Å². The molecule has 0 atom stereocenters. The zero-order valence-electron chi connectivity index (χ0n) is 20.3. The summed E-state index contributed by atoms with van der Waals surface area (Å²) in [5.41, 5.74) is 11.4. The highest BCUT2D eigenvalue weighted by atomic mass is 16.5. The maximum atomic E-state index is 6.69. The van der Waals surface area contributed by atoms with E-state index >= 15 is 0 Å². The summed E-state index contributed by atoms with van der Waals surface area (Å²) < 4.78 is 9.17. The van der Waals surface area contributed by atoms with Crippen molar-refractivity contribution < 1.29 is 4.74 Å². The molecule has 5 aromatic carbocycles. The van der Waals surface area contributed by atoms with Crippen LogP contribution in [0.4, 0.5) is 0 Å². The minimum Gasteiger partial charge on any atom is -0.458 e. The average molecular weight is 461 g/mol. The zero-order chi connectivity index (χ0) is 24.0. The lowest BCUT2D eigenvalue weighted by Gasteiger charge is -2.34. The van der Waals surface area contributed by atoms with E-state index in [9.17, 15) is 0 Å². The molecule has 0 bridgehead atoms. The highest BCUT2D eigenvalue weighted by Crippen LogP contribution is 2.39. The summed E-state index contributed by atoms with van der Waals surface area (Å²) in [6.07, 6.45) is 0. The lowest BCUT2D eigenvalue weighted by atomic mass is 9.34. The first-order chi connectivity index (χ1) is 17.7. The van der Waals surface area contributed by atoms with E-state index in [1.54, 1.807) is 0 Å². The van der Waals surface area contributed by atoms with E-state index in [0.29, 0.717) is 5.92 Å². The molecule has 170 valence electrons. The summed E-state index contributed by atoms with van der Waals surface area (Å²) in [6, 6.07) is 37.6. The smallest absolute Gasteiger partial charge is 0.256 e. The van der Waals surface area contributed by atoms with Crippen LogP contribution in [0.3, 0.4) is 0 Å². The van der Waals surface area contributed by atoms with Gasteiger partial charge in [-0.05, 0) is 63.3 Å². The number of hydrogen-bond acceptors (Lipinski definition) is 1. The summed E-state index contributed by atoms with van der Waals surface area (Å²) in [7, 11) is 0. The van der Waals surface area contributed by atoms with E-state index in [2.05, 4.69) is 122 Å². The number of fused-ring (bicyclic) bond motifs is 7. The van der Waals surface area contributed by atoms with E-state index in [4.69, 9.17) is 4.74 Å². The molecule has 6 aromatic rings. The third-order valence-electron chi connectivity index (χ3n) is 8.02. The molecule has 2 aliphatic rings. The van der Waals surface area contributed by atoms with Crippen molar-refractivity contribution in [2.24, 2.45) is 0 Å². The fourth-order valence-electron chi connectivity index (χ4n) is 6.33. The van der Waals surface area contributed by atoms with Gasteiger partial charge in [0.2, 0.25) is 0 Å². The lowest BCUT2D eigenvalue weighted by molar-refractivity contribution is 0.486. The van der Waals surface area contributed by atoms with Gasteiger partial charge in [0.05, 0.1) is 5.52 Å². The fourth-order valence-corrected chi connectivity index (χ4v) is 6.33. The molecule has 0 saturated heterocycles. The molecule has 8 rings (SSSR count). The van der Waals surface area contributed by atoms with Gasteiger partial charge in [-0.25, -0.2) is 0 Å². The minimum absolute atomic E-state index is 0.129. The molecule has 1 aromatic heterocycles. The van der Waals surface area contributed by atoms with Crippen LogP contribution in [0.1, 0.15) is 25.3 Å². The van der Waals surface area contributed by atoms with Crippen molar-refractivity contribution in [3.8, 4) is 28.3 Å². The fraction of sp³-hybridized carbons (Fsp3) is 0.0909. The highest BCUT2D eigenvalue weighted by molar-refractivity contribution is 6.99. The van der Waals surface area contributed by atoms with E-state index in [-0.39, 0.29) is 6.71 Å². The SMILES string of the molecule is CC(C)c1cc2c3c(c1)-n1c4ccccc4c4cccc(c41)B3c1cc(-c3ccccc3)ccc1O2. The van der Waals surface area contributed by atoms with Gasteiger partial charge in [0.15, 0.2) is 0 Å². The molecule has 0 spiro atoms. The predicted octanol–water partition coefficient (Wildman–Crippen LogP) is 6.51. The van der Waals surface area contributed by atoms with Crippen LogP contribution in [0.2, 0.25) is 0 Å². The van der Waals surface area contributed by atoms with Crippen LogP contribution in [0.5, 0.6) is 11.5 Å². The third-order valence-corrected chi connectivity index (χ3v) is 8.02. The van der Waals surface area contributed by atoms with Crippen LogP contribution < -0.4 is 21.1 Å². The van der Waals surface area contributed by atoms with E-state index in [0.717, 1.165) is 11.5 Å². The Morgan fingerprint density at radius 3 is 2.33 bits per heavy atom. The van der Waals surface area contributed by atoms with Gasteiger partial charge in [0.25, 0.3) is 6.71 Å². The number of nitrogens with zero attached hydrogens (tertiary/aromatic N) is 1. The number of hydrogen-bond donors (Lipinski definition) is 0. The Kier molecular flexibility index (Phi) is 3.97. The highest BCUT2D eigenvalue weighted by Gasteiger charge is 2.40. The first-order valence-corrected chi connectivity index (χ1v) is 12.8. The molecular formula is C33H24BNO. The van der Waals surface area contributed by atoms with Crippen LogP contribution >= 0.6 is 0 Å². The number of aromatic nitrogens is 1. The van der Waals surface area contributed by atoms with Gasteiger partial charge >= 0.3 is 0 Å². The normalized spacial score (nSPS) is 13.1. The maximum Gasteiger partial charge on any atom is 0.256 e. The molecule has 3 heteroatoms.